The molecule has 0 aromatic rings. The molecule has 0 spiro atoms. The van der Waals surface area contributed by atoms with Crippen molar-refractivity contribution in [3.8, 4) is 0 Å². The lowest BCUT2D eigenvalue weighted by molar-refractivity contribution is 0.123. The molecule has 24 heavy (non-hydrogen) atoms. The maximum absolute atomic E-state index is 9.58. The van der Waals surface area contributed by atoms with Gasteiger partial charge in [0.2, 0.25) is 0 Å². The van der Waals surface area contributed by atoms with Crippen LogP contribution >= 0.6 is 0 Å². The lowest BCUT2D eigenvalue weighted by Crippen LogP contribution is -2.23. The van der Waals surface area contributed by atoms with E-state index >= 15 is 0 Å². The van der Waals surface area contributed by atoms with E-state index in [2.05, 4.69) is 12.4 Å². The number of aliphatic imine (C=N–C) groups is 2. The Morgan fingerprint density at radius 1 is 0.583 bits per heavy atom. The van der Waals surface area contributed by atoms with E-state index < -0.39 is 0 Å². The second-order valence-electron chi connectivity index (χ2n) is 8.21. The Labute approximate surface area is 146 Å². The molecular weight excluding hydrogens is 300 g/mol. The number of hydrogen-bond acceptors (Lipinski definition) is 4. The molecule has 2 N–H and O–H groups in total. The molecule has 2 atom stereocenters. The lowest BCUT2D eigenvalue weighted by atomic mass is 9.82. The highest BCUT2D eigenvalue weighted by atomic mass is 16.3. The second kappa shape index (κ2) is 9.10. The van der Waals surface area contributed by atoms with Gasteiger partial charge >= 0.3 is 0 Å². The van der Waals surface area contributed by atoms with E-state index in [-0.39, 0.29) is 12.2 Å². The number of hydrogen-bond donors (Lipinski definition) is 2. The van der Waals surface area contributed by atoms with Gasteiger partial charge in [-0.05, 0) is 82.5 Å². The number of aliphatic hydroxyl groups excluding tert-OH is 2. The van der Waals surface area contributed by atoms with Gasteiger partial charge in [0.15, 0.2) is 0 Å². The fourth-order valence-electron chi connectivity index (χ4n) is 4.44. The molecule has 3 aliphatic carbocycles. The molecule has 0 aromatic heterocycles. The van der Waals surface area contributed by atoms with Crippen LogP contribution in [0.4, 0.5) is 0 Å². The zero-order valence-electron chi connectivity index (χ0n) is 14.9. The average Bonchev–Trinajstić information content (AvgIpc) is 2.61. The zero-order chi connectivity index (χ0) is 16.8. The fourth-order valence-corrected chi connectivity index (χ4v) is 4.44. The molecule has 0 bridgehead atoms. The first-order chi connectivity index (χ1) is 11.7. The Hall–Kier alpha value is -0.740. The minimum Gasteiger partial charge on any atom is -0.393 e. The van der Waals surface area contributed by atoms with E-state index in [1.54, 1.807) is 0 Å². The Morgan fingerprint density at radius 2 is 1.00 bits per heavy atom. The van der Waals surface area contributed by atoms with Gasteiger partial charge in [-0.15, -0.1) is 0 Å². The van der Waals surface area contributed by atoms with Gasteiger partial charge in [-0.2, -0.15) is 0 Å². The van der Waals surface area contributed by atoms with E-state index in [1.807, 2.05) is 0 Å². The number of aliphatic hydroxyl groups is 2. The molecule has 3 fully saturated rings. The van der Waals surface area contributed by atoms with Gasteiger partial charge in [-0.3, -0.25) is 9.98 Å². The third-order valence-electron chi connectivity index (χ3n) is 6.10. The Morgan fingerprint density at radius 3 is 1.42 bits per heavy atom. The van der Waals surface area contributed by atoms with Crippen LogP contribution < -0.4 is 0 Å². The van der Waals surface area contributed by atoms with Gasteiger partial charge in [0, 0.05) is 24.5 Å². The smallest absolute Gasteiger partial charge is 0.0541 e. The standard InChI is InChI=1S/C20H34N2O2/c23-19-8-4-17(5-9-19)21-13-15-2-1-3-16(12-15)14-22-18-6-10-20(24)11-7-18/h13-20,23-24H,1-12H2. The van der Waals surface area contributed by atoms with Crippen LogP contribution in [0.5, 0.6) is 0 Å². The van der Waals surface area contributed by atoms with Gasteiger partial charge in [-0.1, -0.05) is 6.42 Å². The Balaban J connectivity index is 1.42. The maximum Gasteiger partial charge on any atom is 0.0541 e. The molecule has 0 amide bonds. The quantitative estimate of drug-likeness (QED) is 0.772. The predicted molar refractivity (Wildman–Crippen MR) is 99.0 cm³/mol. The van der Waals surface area contributed by atoms with Crippen molar-refractivity contribution in [2.75, 3.05) is 0 Å². The molecule has 136 valence electrons. The van der Waals surface area contributed by atoms with E-state index in [1.165, 1.54) is 25.7 Å². The summed E-state index contributed by atoms with van der Waals surface area (Å²) in [6.07, 6.45) is 17.1. The molecule has 4 nitrogen and oxygen atoms in total. The molecule has 0 aliphatic heterocycles. The monoisotopic (exact) mass is 334 g/mol. The van der Waals surface area contributed by atoms with Crippen molar-refractivity contribution < 1.29 is 10.2 Å². The van der Waals surface area contributed by atoms with Gasteiger partial charge in [0.25, 0.3) is 0 Å². The number of rotatable bonds is 4. The third-order valence-corrected chi connectivity index (χ3v) is 6.10. The molecular formula is C20H34N2O2. The van der Waals surface area contributed by atoms with Crippen LogP contribution in [-0.4, -0.2) is 46.9 Å². The second-order valence-corrected chi connectivity index (χ2v) is 8.21. The predicted octanol–water partition coefficient (Wildman–Crippen LogP) is 3.54. The van der Waals surface area contributed by atoms with Crippen molar-refractivity contribution in [1.29, 1.82) is 0 Å². The Kier molecular flexibility index (Phi) is 6.85. The van der Waals surface area contributed by atoms with Crippen LogP contribution in [0.2, 0.25) is 0 Å². The van der Waals surface area contributed by atoms with Crippen LogP contribution in [0, 0.1) is 11.8 Å². The van der Waals surface area contributed by atoms with E-state index in [0.717, 1.165) is 51.4 Å². The molecule has 0 radical (unpaired) electrons. The van der Waals surface area contributed by atoms with Crippen molar-refractivity contribution in [2.45, 2.75) is 101 Å². The first kappa shape index (κ1) is 18.1. The van der Waals surface area contributed by atoms with Gasteiger partial charge < -0.3 is 10.2 Å². The summed E-state index contributed by atoms with van der Waals surface area (Å²) in [5.41, 5.74) is 0. The van der Waals surface area contributed by atoms with Crippen LogP contribution in [0.25, 0.3) is 0 Å². The molecule has 0 saturated heterocycles. The Bertz CT molecular complexity index is 383. The van der Waals surface area contributed by atoms with Crippen LogP contribution in [-0.2, 0) is 0 Å². The summed E-state index contributed by atoms with van der Waals surface area (Å²) in [6.45, 7) is 0. The SMILES string of the molecule is OC1CCC(N=CC2CCCC(C=NC3CCC(O)CC3)C2)CC1. The fraction of sp³-hybridized carbons (Fsp3) is 0.900. The van der Waals surface area contributed by atoms with E-state index in [4.69, 9.17) is 9.98 Å². The van der Waals surface area contributed by atoms with Gasteiger partial charge in [0.1, 0.15) is 0 Å². The summed E-state index contributed by atoms with van der Waals surface area (Å²) in [7, 11) is 0. The average molecular weight is 335 g/mol. The molecule has 3 aliphatic rings. The van der Waals surface area contributed by atoms with Crippen molar-refractivity contribution >= 4 is 12.4 Å². The molecule has 0 aromatic carbocycles. The van der Waals surface area contributed by atoms with Crippen LogP contribution in [0.3, 0.4) is 0 Å². The van der Waals surface area contributed by atoms with Crippen molar-refractivity contribution in [2.24, 2.45) is 21.8 Å². The van der Waals surface area contributed by atoms with Gasteiger partial charge in [-0.25, -0.2) is 0 Å². The summed E-state index contributed by atoms with van der Waals surface area (Å²) in [6, 6.07) is 0.882. The maximum atomic E-state index is 9.58. The van der Waals surface area contributed by atoms with E-state index in [0.29, 0.717) is 23.9 Å². The first-order valence-corrected chi connectivity index (χ1v) is 10.1. The minimum atomic E-state index is -0.0902. The summed E-state index contributed by atoms with van der Waals surface area (Å²) < 4.78 is 0. The topological polar surface area (TPSA) is 65.2 Å². The summed E-state index contributed by atoms with van der Waals surface area (Å²) in [5.74, 6) is 1.21. The third kappa shape index (κ3) is 5.66. The molecule has 3 saturated carbocycles. The van der Waals surface area contributed by atoms with Crippen molar-refractivity contribution in [1.82, 2.24) is 0 Å². The van der Waals surface area contributed by atoms with Crippen molar-refractivity contribution in [3.05, 3.63) is 0 Å². The normalized spacial score (nSPS) is 41.9. The number of nitrogens with zero attached hydrogens (tertiary/aromatic N) is 2. The first-order valence-electron chi connectivity index (χ1n) is 10.1. The van der Waals surface area contributed by atoms with Crippen molar-refractivity contribution in [3.63, 3.8) is 0 Å². The largest absolute Gasteiger partial charge is 0.393 e. The zero-order valence-corrected chi connectivity index (χ0v) is 14.9. The summed E-state index contributed by atoms with van der Waals surface area (Å²) >= 11 is 0. The van der Waals surface area contributed by atoms with Gasteiger partial charge in [0.05, 0.1) is 12.2 Å². The highest BCUT2D eigenvalue weighted by Gasteiger charge is 2.23. The highest BCUT2D eigenvalue weighted by molar-refractivity contribution is 5.65. The minimum absolute atomic E-state index is 0.0902. The lowest BCUT2D eigenvalue weighted by Gasteiger charge is -2.27. The highest BCUT2D eigenvalue weighted by Crippen LogP contribution is 2.29. The molecule has 4 heteroatoms. The summed E-state index contributed by atoms with van der Waals surface area (Å²) in [5, 5.41) is 19.2. The summed E-state index contributed by atoms with van der Waals surface area (Å²) in [4.78, 5) is 9.65. The van der Waals surface area contributed by atoms with Crippen LogP contribution in [0.15, 0.2) is 9.98 Å². The molecule has 2 unspecified atom stereocenters. The molecule has 3 rings (SSSR count). The molecule has 0 heterocycles. The van der Waals surface area contributed by atoms with E-state index in [9.17, 15) is 10.2 Å². The van der Waals surface area contributed by atoms with Crippen LogP contribution in [0.1, 0.15) is 77.0 Å².